The lowest BCUT2D eigenvalue weighted by molar-refractivity contribution is -0.134. The molecule has 3 aromatic rings. The molecule has 1 saturated carbocycles. The van der Waals surface area contributed by atoms with Crippen LogP contribution in [0.2, 0.25) is 0 Å². The zero-order valence-corrected chi connectivity index (χ0v) is 19.7. The van der Waals surface area contributed by atoms with Gasteiger partial charge in [0.2, 0.25) is 5.91 Å². The molecule has 4 rings (SSSR count). The van der Waals surface area contributed by atoms with Crippen molar-refractivity contribution in [3.8, 4) is 5.75 Å². The number of rotatable bonds is 11. The number of nitrogens with zero attached hydrogens (tertiary/aromatic N) is 6. The molecule has 1 aliphatic carbocycles. The lowest BCUT2D eigenvalue weighted by Gasteiger charge is -2.34. The molecule has 36 heavy (non-hydrogen) atoms. The van der Waals surface area contributed by atoms with E-state index in [1.54, 1.807) is 29.1 Å². The average molecular weight is 501 g/mol. The maximum Gasteiger partial charge on any atom is 0.273 e. The minimum Gasteiger partial charge on any atom is -0.488 e. The third-order valence-corrected chi connectivity index (χ3v) is 5.55. The zero-order chi connectivity index (χ0) is 25.5. The Hall–Kier alpha value is -4.03. The number of pyridine rings is 1. The van der Waals surface area contributed by atoms with E-state index in [2.05, 4.69) is 36.1 Å². The smallest absolute Gasteiger partial charge is 0.273 e. The molecule has 0 unspecified atom stereocenters. The van der Waals surface area contributed by atoms with E-state index >= 15 is 0 Å². The van der Waals surface area contributed by atoms with Crippen molar-refractivity contribution >= 4 is 17.6 Å². The van der Waals surface area contributed by atoms with Gasteiger partial charge in [0.05, 0.1) is 24.5 Å². The summed E-state index contributed by atoms with van der Waals surface area (Å²) < 4.78 is 33.1. The highest BCUT2D eigenvalue weighted by molar-refractivity contribution is 5.91. The molecule has 3 aromatic heterocycles. The molecule has 3 heterocycles. The number of halogens is 2. The summed E-state index contributed by atoms with van der Waals surface area (Å²) in [5.41, 5.74) is 1.66. The molecule has 0 aliphatic heterocycles. The Morgan fingerprint density at radius 1 is 1.17 bits per heavy atom. The summed E-state index contributed by atoms with van der Waals surface area (Å²) in [7, 11) is 1.54. The molecule has 11 nitrogen and oxygen atoms in total. The number of aryl methyl sites for hydroxylation is 2. The second kappa shape index (κ2) is 11.1. The summed E-state index contributed by atoms with van der Waals surface area (Å²) in [6.45, 7) is 0.625. The maximum absolute atomic E-state index is 13.0. The first-order chi connectivity index (χ1) is 17.3. The molecule has 0 atom stereocenters. The topological polar surface area (TPSA) is 137 Å². The predicted molar refractivity (Wildman–Crippen MR) is 124 cm³/mol. The monoisotopic (exact) mass is 500 g/mol. The molecule has 0 radical (unpaired) electrons. The van der Waals surface area contributed by atoms with Crippen LogP contribution in [0.3, 0.4) is 0 Å². The largest absolute Gasteiger partial charge is 0.488 e. The molecule has 0 saturated heterocycles. The fourth-order valence-electron chi connectivity index (χ4n) is 3.66. The highest BCUT2D eigenvalue weighted by atomic mass is 19.3. The summed E-state index contributed by atoms with van der Waals surface area (Å²) in [6, 6.07) is 5.10. The molecule has 1 aliphatic rings. The number of alkyl halides is 2. The first-order valence-electron chi connectivity index (χ1n) is 11.5. The van der Waals surface area contributed by atoms with Gasteiger partial charge in [-0.15, -0.1) is 10.2 Å². The molecule has 2 amide bonds. The van der Waals surface area contributed by atoms with Crippen LogP contribution in [0.15, 0.2) is 36.8 Å². The maximum atomic E-state index is 13.0. The number of anilines is 1. The van der Waals surface area contributed by atoms with Crippen LogP contribution in [-0.2, 0) is 24.2 Å². The Kier molecular flexibility index (Phi) is 7.76. The van der Waals surface area contributed by atoms with Crippen molar-refractivity contribution in [2.45, 2.75) is 57.1 Å². The molecule has 13 heteroatoms. The second-order valence-corrected chi connectivity index (χ2v) is 8.57. The fraction of sp³-hybridized carbons (Fsp3) is 0.435. The van der Waals surface area contributed by atoms with Crippen molar-refractivity contribution in [2.75, 3.05) is 12.4 Å². The van der Waals surface area contributed by atoms with E-state index in [1.165, 1.54) is 19.4 Å². The normalized spacial score (nSPS) is 14.6. The van der Waals surface area contributed by atoms with Crippen LogP contribution < -0.4 is 15.4 Å². The van der Waals surface area contributed by atoms with Gasteiger partial charge >= 0.3 is 0 Å². The van der Waals surface area contributed by atoms with Gasteiger partial charge in [-0.25, -0.2) is 8.78 Å². The van der Waals surface area contributed by atoms with Crippen molar-refractivity contribution in [3.63, 3.8) is 0 Å². The molecule has 2 N–H and O–H groups in total. The van der Waals surface area contributed by atoms with Crippen LogP contribution in [0.25, 0.3) is 0 Å². The van der Waals surface area contributed by atoms with E-state index in [0.717, 1.165) is 18.5 Å². The van der Waals surface area contributed by atoms with Gasteiger partial charge in [0, 0.05) is 32.6 Å². The number of amides is 2. The van der Waals surface area contributed by atoms with Crippen LogP contribution >= 0.6 is 0 Å². The Morgan fingerprint density at radius 3 is 2.72 bits per heavy atom. The average Bonchev–Trinajstić information content (AvgIpc) is 3.30. The van der Waals surface area contributed by atoms with E-state index in [4.69, 9.17) is 4.74 Å². The number of nitrogens with one attached hydrogen (secondary N) is 2. The number of hydrogen-bond donors (Lipinski definition) is 2. The van der Waals surface area contributed by atoms with Crippen LogP contribution in [0.4, 0.5) is 14.6 Å². The molecular formula is C23H26F2N8O3. The molecule has 190 valence electrons. The Bertz CT molecular complexity index is 1190. The molecule has 0 aromatic carbocycles. The van der Waals surface area contributed by atoms with Crippen LogP contribution in [0, 0.1) is 0 Å². The fourth-order valence-corrected chi connectivity index (χ4v) is 3.66. The van der Waals surface area contributed by atoms with Gasteiger partial charge in [-0.2, -0.15) is 5.10 Å². The SMILES string of the molecule is CNC(=O)c1cn(CCCCc2ccc(NC(=O)Cc3cncc(OC4CC(F)(F)C4)c3)nn2)nn1. The number of unbranched alkanes of at least 4 members (excludes halogenated alkanes) is 1. The van der Waals surface area contributed by atoms with E-state index in [0.29, 0.717) is 30.1 Å². The first-order valence-corrected chi connectivity index (χ1v) is 11.5. The van der Waals surface area contributed by atoms with E-state index in [9.17, 15) is 18.4 Å². The van der Waals surface area contributed by atoms with Crippen molar-refractivity contribution < 1.29 is 23.1 Å². The standard InChI is InChI=1S/C23H26F2N8O3/c1-26-22(35)19-14-33(32-30-19)7-3-2-4-16-5-6-20(31-29-16)28-21(34)9-15-8-17(13-27-12-15)36-18-10-23(24,25)11-18/h5-6,8,12-14,18H,2-4,7,9-11H2,1H3,(H,26,35)(H,28,31,34). The molecular weight excluding hydrogens is 474 g/mol. The van der Waals surface area contributed by atoms with Crippen molar-refractivity contribution in [1.29, 1.82) is 0 Å². The summed E-state index contributed by atoms with van der Waals surface area (Å²) in [5, 5.41) is 21.1. The first kappa shape index (κ1) is 25.1. The second-order valence-electron chi connectivity index (χ2n) is 8.57. The third kappa shape index (κ3) is 6.99. The summed E-state index contributed by atoms with van der Waals surface area (Å²) >= 11 is 0. The number of aromatic nitrogens is 6. The number of carbonyl (C=O) groups excluding carboxylic acids is 2. The van der Waals surface area contributed by atoms with Gasteiger partial charge in [-0.3, -0.25) is 19.3 Å². The van der Waals surface area contributed by atoms with Gasteiger partial charge in [-0.1, -0.05) is 5.21 Å². The minimum atomic E-state index is -2.66. The lowest BCUT2D eigenvalue weighted by atomic mass is 9.91. The Balaban J connectivity index is 1.18. The predicted octanol–water partition coefficient (Wildman–Crippen LogP) is 2.20. The van der Waals surface area contributed by atoms with Crippen molar-refractivity contribution in [2.24, 2.45) is 0 Å². The lowest BCUT2D eigenvalue weighted by Crippen LogP contribution is -2.43. The quantitative estimate of drug-likeness (QED) is 0.383. The number of hydrogen-bond acceptors (Lipinski definition) is 8. The van der Waals surface area contributed by atoms with Gasteiger partial charge in [0.1, 0.15) is 11.9 Å². The number of carbonyl (C=O) groups is 2. The third-order valence-electron chi connectivity index (χ3n) is 5.55. The summed E-state index contributed by atoms with van der Waals surface area (Å²) in [5.74, 6) is -2.56. The Labute approximate surface area is 205 Å². The van der Waals surface area contributed by atoms with Gasteiger partial charge in [-0.05, 0) is 43.0 Å². The molecule has 0 spiro atoms. The minimum absolute atomic E-state index is 0.0262. The van der Waals surface area contributed by atoms with E-state index in [-0.39, 0.29) is 36.8 Å². The van der Waals surface area contributed by atoms with Crippen LogP contribution in [0.5, 0.6) is 5.75 Å². The summed E-state index contributed by atoms with van der Waals surface area (Å²) in [6.07, 6.45) is 5.78. The van der Waals surface area contributed by atoms with Gasteiger partial charge in [0.25, 0.3) is 11.8 Å². The summed E-state index contributed by atoms with van der Waals surface area (Å²) in [4.78, 5) is 27.9. The molecule has 1 fully saturated rings. The number of ether oxygens (including phenoxy) is 1. The van der Waals surface area contributed by atoms with Gasteiger partial charge in [0.15, 0.2) is 11.5 Å². The van der Waals surface area contributed by atoms with Crippen molar-refractivity contribution in [1.82, 2.24) is 35.5 Å². The zero-order valence-electron chi connectivity index (χ0n) is 19.7. The highest BCUT2D eigenvalue weighted by Gasteiger charge is 2.47. The van der Waals surface area contributed by atoms with E-state index in [1.807, 2.05) is 0 Å². The highest BCUT2D eigenvalue weighted by Crippen LogP contribution is 2.39. The van der Waals surface area contributed by atoms with Crippen molar-refractivity contribution in [3.05, 3.63) is 53.7 Å². The van der Waals surface area contributed by atoms with Crippen LogP contribution in [-0.4, -0.2) is 61.1 Å². The van der Waals surface area contributed by atoms with E-state index < -0.39 is 12.0 Å². The molecule has 0 bridgehead atoms. The van der Waals surface area contributed by atoms with Crippen LogP contribution in [0.1, 0.15) is 47.4 Å². The van der Waals surface area contributed by atoms with Gasteiger partial charge < -0.3 is 15.4 Å². The Morgan fingerprint density at radius 2 is 2.00 bits per heavy atom.